The molecule has 0 bridgehead atoms. The fourth-order valence-electron chi connectivity index (χ4n) is 4.16. The van der Waals surface area contributed by atoms with Gasteiger partial charge in [0.05, 0.1) is 28.0 Å². The number of benzene rings is 2. The average molecular weight is 463 g/mol. The van der Waals surface area contributed by atoms with Gasteiger partial charge in [-0.25, -0.2) is 13.2 Å². The normalized spacial score (nSPS) is 15.6. The predicted octanol–water partition coefficient (Wildman–Crippen LogP) is 5.13. The zero-order valence-electron chi connectivity index (χ0n) is 17.5. The molecule has 0 aliphatic carbocycles. The summed E-state index contributed by atoms with van der Waals surface area (Å²) in [6.07, 6.45) is 0.461. The van der Waals surface area contributed by atoms with E-state index in [1.807, 2.05) is 6.92 Å². The second-order valence-electron chi connectivity index (χ2n) is 7.57. The number of alkyl halides is 1. The number of aryl methyl sites for hydroxylation is 1. The molecule has 0 unspecified atom stereocenters. The van der Waals surface area contributed by atoms with Crippen molar-refractivity contribution in [3.63, 3.8) is 0 Å². The van der Waals surface area contributed by atoms with Crippen molar-refractivity contribution >= 4 is 17.5 Å². The molecule has 1 atom stereocenters. The first kappa shape index (κ1) is 22.2. The number of halogens is 4. The van der Waals surface area contributed by atoms with Crippen molar-refractivity contribution in [2.24, 2.45) is 7.05 Å². The molecule has 32 heavy (non-hydrogen) atoms. The van der Waals surface area contributed by atoms with Gasteiger partial charge in [-0.1, -0.05) is 17.7 Å². The fraction of sp³-hybridized carbons (Fsp3) is 0.304. The van der Waals surface area contributed by atoms with Crippen LogP contribution in [0.5, 0.6) is 5.75 Å². The number of hydrogen-bond acceptors (Lipinski definition) is 3. The average Bonchev–Trinajstić information content (AvgIpc) is 3.09. The van der Waals surface area contributed by atoms with Crippen molar-refractivity contribution < 1.29 is 22.7 Å². The summed E-state index contributed by atoms with van der Waals surface area (Å²) in [7, 11) is 1.71. The molecular formula is C23H21ClF3N3O2. The Balaban J connectivity index is 1.67. The summed E-state index contributed by atoms with van der Waals surface area (Å²) < 4.78 is 46.9. The minimum absolute atomic E-state index is 0.126. The number of carbonyl (C=O) groups is 1. The number of fused-ring (bicyclic) bond motifs is 1. The van der Waals surface area contributed by atoms with Crippen molar-refractivity contribution in [3.8, 4) is 17.0 Å². The van der Waals surface area contributed by atoms with Gasteiger partial charge in [0.25, 0.3) is 5.91 Å². The molecular weight excluding hydrogens is 442 g/mol. The van der Waals surface area contributed by atoms with Crippen LogP contribution in [0.1, 0.15) is 34.6 Å². The summed E-state index contributed by atoms with van der Waals surface area (Å²) in [6, 6.07) is 7.77. The van der Waals surface area contributed by atoms with E-state index in [1.165, 1.54) is 12.1 Å². The van der Waals surface area contributed by atoms with Crippen LogP contribution in [0.4, 0.5) is 13.2 Å². The van der Waals surface area contributed by atoms with Gasteiger partial charge in [0.2, 0.25) is 0 Å². The van der Waals surface area contributed by atoms with Gasteiger partial charge in [0, 0.05) is 30.8 Å². The number of aromatic nitrogens is 2. The van der Waals surface area contributed by atoms with Crippen molar-refractivity contribution in [3.05, 3.63) is 69.9 Å². The van der Waals surface area contributed by atoms with Gasteiger partial charge < -0.3 is 9.64 Å². The lowest BCUT2D eigenvalue weighted by Crippen LogP contribution is -2.39. The molecule has 0 saturated carbocycles. The summed E-state index contributed by atoms with van der Waals surface area (Å²) in [5.74, 6) is -1.39. The largest absolute Gasteiger partial charge is 0.489 e. The lowest BCUT2D eigenvalue weighted by molar-refractivity contribution is 0.0673. The Morgan fingerprint density at radius 3 is 2.66 bits per heavy atom. The van der Waals surface area contributed by atoms with Crippen molar-refractivity contribution in [2.75, 3.05) is 19.8 Å². The molecule has 0 fully saturated rings. The van der Waals surface area contributed by atoms with Crippen LogP contribution in [0, 0.1) is 11.6 Å². The molecule has 2 heterocycles. The number of hydrogen-bond donors (Lipinski definition) is 0. The number of nitrogens with zero attached hydrogens (tertiary/aromatic N) is 3. The lowest BCUT2D eigenvalue weighted by atomic mass is 9.95. The highest BCUT2D eigenvalue weighted by Gasteiger charge is 2.34. The molecule has 1 aliphatic rings. The third kappa shape index (κ3) is 3.95. The minimum atomic E-state index is -0.669. The molecule has 0 spiro atoms. The van der Waals surface area contributed by atoms with Gasteiger partial charge in [-0.15, -0.1) is 0 Å². The fourth-order valence-corrected chi connectivity index (χ4v) is 4.43. The summed E-state index contributed by atoms with van der Waals surface area (Å²) in [5, 5.41) is 4.68. The number of amides is 1. The third-order valence-corrected chi connectivity index (χ3v) is 5.96. The molecule has 0 radical (unpaired) electrons. The molecule has 4 rings (SSSR count). The first-order valence-electron chi connectivity index (χ1n) is 10.1. The maximum atomic E-state index is 13.8. The van der Waals surface area contributed by atoms with Crippen molar-refractivity contribution in [2.45, 2.75) is 19.4 Å². The molecule has 0 N–H and O–H groups in total. The van der Waals surface area contributed by atoms with Gasteiger partial charge in [0.15, 0.2) is 0 Å². The summed E-state index contributed by atoms with van der Waals surface area (Å²) in [5.41, 5.74) is 2.78. The molecule has 1 aromatic heterocycles. The predicted molar refractivity (Wildman–Crippen MR) is 115 cm³/mol. The van der Waals surface area contributed by atoms with Gasteiger partial charge >= 0.3 is 0 Å². The smallest absolute Gasteiger partial charge is 0.256 e. The van der Waals surface area contributed by atoms with E-state index >= 15 is 0 Å². The number of rotatable bonds is 5. The van der Waals surface area contributed by atoms with Crippen LogP contribution in [-0.2, 0) is 13.5 Å². The van der Waals surface area contributed by atoms with Crippen molar-refractivity contribution in [1.29, 1.82) is 0 Å². The van der Waals surface area contributed by atoms with E-state index < -0.39 is 24.4 Å². The lowest BCUT2D eigenvalue weighted by Gasteiger charge is -2.33. The maximum Gasteiger partial charge on any atom is 0.256 e. The summed E-state index contributed by atoms with van der Waals surface area (Å²) in [4.78, 5) is 14.9. The van der Waals surface area contributed by atoms with Crippen LogP contribution >= 0.6 is 11.6 Å². The van der Waals surface area contributed by atoms with Crippen LogP contribution in [0.2, 0.25) is 5.02 Å². The number of carbonyl (C=O) groups excluding carboxylic acids is 1. The van der Waals surface area contributed by atoms with E-state index in [0.717, 1.165) is 11.6 Å². The molecule has 1 amide bonds. The van der Waals surface area contributed by atoms with Gasteiger partial charge in [-0.2, -0.15) is 5.10 Å². The molecule has 3 aromatic rings. The van der Waals surface area contributed by atoms with E-state index in [-0.39, 0.29) is 28.8 Å². The molecule has 0 saturated heterocycles. The van der Waals surface area contributed by atoms with E-state index in [4.69, 9.17) is 16.3 Å². The Morgan fingerprint density at radius 2 is 1.97 bits per heavy atom. The second-order valence-corrected chi connectivity index (χ2v) is 7.95. The van der Waals surface area contributed by atoms with E-state index in [1.54, 1.807) is 34.8 Å². The first-order chi connectivity index (χ1) is 15.3. The van der Waals surface area contributed by atoms with Crippen LogP contribution in [0.15, 0.2) is 36.4 Å². The van der Waals surface area contributed by atoms with E-state index in [9.17, 15) is 18.0 Å². The minimum Gasteiger partial charge on any atom is -0.489 e. The molecule has 2 aromatic carbocycles. The van der Waals surface area contributed by atoms with Crippen LogP contribution < -0.4 is 4.74 Å². The van der Waals surface area contributed by atoms with Crippen LogP contribution in [-0.4, -0.2) is 40.4 Å². The Hall–Kier alpha value is -3.00. The van der Waals surface area contributed by atoms with Gasteiger partial charge in [0.1, 0.15) is 30.7 Å². The summed E-state index contributed by atoms with van der Waals surface area (Å²) >= 11 is 6.36. The molecule has 5 nitrogen and oxygen atoms in total. The highest BCUT2D eigenvalue weighted by Crippen LogP contribution is 2.38. The molecule has 1 aliphatic heterocycles. The Bertz CT molecular complexity index is 1160. The maximum absolute atomic E-state index is 13.8. The number of ether oxygens (including phenoxy) is 1. The quantitative estimate of drug-likeness (QED) is 0.528. The molecule has 9 heteroatoms. The summed E-state index contributed by atoms with van der Waals surface area (Å²) in [6.45, 7) is 1.39. The standard InChI is InChI=1S/C23H21ClF3N3O2/c1-13-21-18(22(29(2)28-21)14-10-15(26)12-16(27)11-14)6-8-30(13)23(31)17-4-3-5-19(20(17)24)32-9-7-25/h3-5,10-13H,6-9H2,1-2H3/t13-/m0/s1/i25-1. The van der Waals surface area contributed by atoms with E-state index in [2.05, 4.69) is 5.10 Å². The van der Waals surface area contributed by atoms with E-state index in [0.29, 0.717) is 29.9 Å². The van der Waals surface area contributed by atoms with Crippen LogP contribution in [0.3, 0.4) is 0 Å². The second kappa shape index (κ2) is 8.86. The zero-order valence-corrected chi connectivity index (χ0v) is 18.3. The van der Waals surface area contributed by atoms with Crippen molar-refractivity contribution in [1.82, 2.24) is 14.7 Å². The first-order valence-corrected chi connectivity index (χ1v) is 10.5. The zero-order chi connectivity index (χ0) is 23.0. The molecule has 168 valence electrons. The highest BCUT2D eigenvalue weighted by atomic mass is 35.5. The topological polar surface area (TPSA) is 47.4 Å². The Morgan fingerprint density at radius 1 is 1.25 bits per heavy atom. The monoisotopic (exact) mass is 462 g/mol. The van der Waals surface area contributed by atoms with Gasteiger partial charge in [-0.3, -0.25) is 9.48 Å². The SMILES string of the molecule is C[C@H]1c2nn(C)c(-c3cc(F)cc(F)c3)c2CCN1C(=O)c1cccc(OCC[18F])c1Cl. The highest BCUT2D eigenvalue weighted by molar-refractivity contribution is 6.35. The Labute approximate surface area is 188 Å². The van der Waals surface area contributed by atoms with Crippen LogP contribution in [0.25, 0.3) is 11.3 Å². The van der Waals surface area contributed by atoms with Gasteiger partial charge in [-0.05, 0) is 37.6 Å². The Kier molecular flexibility index (Phi) is 6.15. The third-order valence-electron chi connectivity index (χ3n) is 5.57.